The second-order valence-corrected chi connectivity index (χ2v) is 8.11. The van der Waals surface area contributed by atoms with Crippen molar-refractivity contribution in [3.63, 3.8) is 0 Å². The zero-order valence-electron chi connectivity index (χ0n) is 19.1. The molecule has 2 aromatic heterocycles. The highest BCUT2D eigenvalue weighted by atomic mass is 14.9. The zero-order valence-corrected chi connectivity index (χ0v) is 19.1. The van der Waals surface area contributed by atoms with Crippen LogP contribution in [0, 0.1) is 38.0 Å². The third-order valence-corrected chi connectivity index (χ3v) is 6.37. The topological polar surface area (TPSA) is 41.3 Å². The van der Waals surface area contributed by atoms with Gasteiger partial charge in [0.2, 0.25) is 11.4 Å². The zero-order chi connectivity index (χ0) is 24.7. The lowest BCUT2D eigenvalue weighted by Crippen LogP contribution is -1.99. The first-order chi connectivity index (χ1) is 17.1. The molecule has 0 atom stereocenters. The second-order valence-electron chi connectivity index (χ2n) is 8.11. The van der Waals surface area contributed by atoms with Gasteiger partial charge in [0.25, 0.3) is 0 Å². The minimum absolute atomic E-state index is 0.0701. The van der Waals surface area contributed by atoms with Crippen LogP contribution in [-0.2, 0) is 0 Å². The molecule has 3 aromatic carbocycles. The van der Waals surface area contributed by atoms with E-state index in [0.29, 0.717) is 10.9 Å². The van der Waals surface area contributed by atoms with E-state index in [4.69, 9.17) is 19.7 Å². The summed E-state index contributed by atoms with van der Waals surface area (Å²) < 4.78 is 1.92. The fraction of sp³-hybridized carbons (Fsp3) is 0.0667. The van der Waals surface area contributed by atoms with Crippen LogP contribution in [0.15, 0.2) is 60.8 Å². The molecule has 0 amide bonds. The van der Waals surface area contributed by atoms with E-state index in [0.717, 1.165) is 38.5 Å². The Morgan fingerprint density at radius 3 is 2.26 bits per heavy atom. The molecule has 0 aliphatic rings. The highest BCUT2D eigenvalue weighted by Crippen LogP contribution is 2.52. The van der Waals surface area contributed by atoms with Gasteiger partial charge in [0.15, 0.2) is 5.69 Å². The maximum absolute atomic E-state index is 10.2. The molecular weight excluding hydrogens is 430 g/mol. The van der Waals surface area contributed by atoms with Crippen LogP contribution >= 0.6 is 0 Å². The van der Waals surface area contributed by atoms with E-state index < -0.39 is 0 Å². The first kappa shape index (κ1) is 21.5. The van der Waals surface area contributed by atoms with E-state index in [-0.39, 0.29) is 22.6 Å². The lowest BCUT2D eigenvalue weighted by atomic mass is 9.89. The normalized spacial score (nSPS) is 10.9. The molecule has 5 rings (SSSR count). The molecule has 0 aliphatic heterocycles. The van der Waals surface area contributed by atoms with Gasteiger partial charge in [-0.25, -0.2) is 0 Å². The average Bonchev–Trinajstić information content (AvgIpc) is 3.28. The number of benzene rings is 3. The maximum Gasteiger partial charge on any atom is 0.203 e. The van der Waals surface area contributed by atoms with Crippen molar-refractivity contribution in [2.24, 2.45) is 0 Å². The molecule has 5 heteroatoms. The SMILES string of the molecule is [C-]#[N+]c1c([N+]#[C-])c(C#N)c2c(c1[N+]#[C-])c(-c1ccccc1/C=C\C)c(C)c1c3ccccc3cn21. The molecular formula is C30H17N5. The number of rotatable bonds is 2. The molecule has 0 saturated carbocycles. The van der Waals surface area contributed by atoms with Crippen molar-refractivity contribution in [3.8, 4) is 17.2 Å². The third-order valence-electron chi connectivity index (χ3n) is 6.37. The summed E-state index contributed by atoms with van der Waals surface area (Å²) in [5.41, 5.74) is 5.09. The highest BCUT2D eigenvalue weighted by molar-refractivity contribution is 6.19. The van der Waals surface area contributed by atoms with Crippen LogP contribution in [0.5, 0.6) is 0 Å². The molecule has 0 saturated heterocycles. The van der Waals surface area contributed by atoms with E-state index in [1.807, 2.05) is 85.1 Å². The Morgan fingerprint density at radius 2 is 1.57 bits per heavy atom. The van der Waals surface area contributed by atoms with Crippen molar-refractivity contribution in [1.82, 2.24) is 4.40 Å². The van der Waals surface area contributed by atoms with Crippen LogP contribution in [0.2, 0.25) is 0 Å². The number of hydrogen-bond donors (Lipinski definition) is 0. The fourth-order valence-corrected chi connectivity index (χ4v) is 5.02. The molecule has 0 bridgehead atoms. The van der Waals surface area contributed by atoms with Crippen molar-refractivity contribution in [1.29, 1.82) is 5.26 Å². The maximum atomic E-state index is 10.2. The lowest BCUT2D eigenvalue weighted by Gasteiger charge is -2.20. The average molecular weight is 448 g/mol. The summed E-state index contributed by atoms with van der Waals surface area (Å²) in [6, 6.07) is 18.1. The van der Waals surface area contributed by atoms with Crippen molar-refractivity contribution < 1.29 is 0 Å². The van der Waals surface area contributed by atoms with Gasteiger partial charge in [-0.15, -0.1) is 0 Å². The van der Waals surface area contributed by atoms with E-state index >= 15 is 0 Å². The minimum Gasteiger partial charge on any atom is -0.316 e. The summed E-state index contributed by atoms with van der Waals surface area (Å²) in [6.07, 6.45) is 5.91. The van der Waals surface area contributed by atoms with E-state index in [1.54, 1.807) is 0 Å². The Kier molecular flexibility index (Phi) is 5.04. The number of nitriles is 1. The number of allylic oxidation sites excluding steroid dienone is 1. The first-order valence-electron chi connectivity index (χ1n) is 10.9. The Hall–Kier alpha value is -5.36. The summed E-state index contributed by atoms with van der Waals surface area (Å²) in [5.74, 6) is 0. The molecule has 0 fully saturated rings. The molecule has 0 spiro atoms. The summed E-state index contributed by atoms with van der Waals surface area (Å²) >= 11 is 0. The van der Waals surface area contributed by atoms with Gasteiger partial charge in [-0.3, -0.25) is 14.5 Å². The minimum atomic E-state index is -0.0726. The van der Waals surface area contributed by atoms with Gasteiger partial charge in [0.1, 0.15) is 0 Å². The number of aryl methyl sites for hydroxylation is 1. The molecule has 0 aliphatic carbocycles. The number of hydrogen-bond acceptors (Lipinski definition) is 1. The van der Waals surface area contributed by atoms with Crippen molar-refractivity contribution >= 4 is 50.3 Å². The molecule has 0 radical (unpaired) electrons. The fourth-order valence-electron chi connectivity index (χ4n) is 5.02. The Bertz CT molecular complexity index is 1910. The molecule has 5 nitrogen and oxygen atoms in total. The standard InChI is InChI=1S/C30H17N5/c1-6-11-19-12-7-9-14-21(19)24-18(2)29-22-15-10-8-13-20(22)17-35(29)30-23(16-31)26(32-3)28(34-5)27(33-4)25(24)30/h6-15,17H,1-2H3/b11-6-. The van der Waals surface area contributed by atoms with Crippen molar-refractivity contribution in [2.45, 2.75) is 13.8 Å². The molecule has 0 unspecified atom stereocenters. The predicted molar refractivity (Wildman–Crippen MR) is 141 cm³/mol. The smallest absolute Gasteiger partial charge is 0.203 e. The summed E-state index contributed by atoms with van der Waals surface area (Å²) in [5, 5.41) is 12.8. The van der Waals surface area contributed by atoms with Crippen LogP contribution in [0.1, 0.15) is 23.6 Å². The van der Waals surface area contributed by atoms with E-state index in [2.05, 4.69) is 20.6 Å². The van der Waals surface area contributed by atoms with E-state index in [9.17, 15) is 5.26 Å². The summed E-state index contributed by atoms with van der Waals surface area (Å²) in [6.45, 7) is 27.5. The van der Waals surface area contributed by atoms with Crippen LogP contribution in [-0.4, -0.2) is 4.40 Å². The van der Waals surface area contributed by atoms with Crippen molar-refractivity contribution in [2.75, 3.05) is 0 Å². The van der Waals surface area contributed by atoms with Gasteiger partial charge in [-0.05, 0) is 41.5 Å². The third kappa shape index (κ3) is 2.91. The van der Waals surface area contributed by atoms with Gasteiger partial charge < -0.3 is 4.40 Å². The van der Waals surface area contributed by atoms with Crippen LogP contribution in [0.4, 0.5) is 17.1 Å². The van der Waals surface area contributed by atoms with Gasteiger partial charge in [-0.2, -0.15) is 5.26 Å². The van der Waals surface area contributed by atoms with E-state index in [1.165, 1.54) is 0 Å². The Morgan fingerprint density at radius 1 is 0.886 bits per heavy atom. The Balaban J connectivity index is 2.24. The van der Waals surface area contributed by atoms with Crippen LogP contribution in [0.25, 0.3) is 58.9 Å². The largest absolute Gasteiger partial charge is 0.316 e. The number of nitrogens with zero attached hydrogens (tertiary/aromatic N) is 5. The first-order valence-corrected chi connectivity index (χ1v) is 10.9. The van der Waals surface area contributed by atoms with Crippen LogP contribution in [0.3, 0.4) is 0 Å². The van der Waals surface area contributed by atoms with Gasteiger partial charge >= 0.3 is 0 Å². The molecule has 5 aromatic rings. The summed E-state index contributed by atoms with van der Waals surface area (Å²) in [4.78, 5) is 10.9. The van der Waals surface area contributed by atoms with Gasteiger partial charge in [-0.1, -0.05) is 60.7 Å². The predicted octanol–water partition coefficient (Wildman–Crippen LogP) is 8.78. The molecule has 35 heavy (non-hydrogen) atoms. The monoisotopic (exact) mass is 447 g/mol. The van der Waals surface area contributed by atoms with Gasteiger partial charge in [0, 0.05) is 22.5 Å². The van der Waals surface area contributed by atoms with Gasteiger partial charge in [0.05, 0.1) is 36.9 Å². The quantitative estimate of drug-likeness (QED) is 0.249. The Labute approximate surface area is 202 Å². The number of aromatic nitrogens is 1. The van der Waals surface area contributed by atoms with Crippen LogP contribution < -0.4 is 0 Å². The molecule has 2 heterocycles. The summed E-state index contributed by atoms with van der Waals surface area (Å²) in [7, 11) is 0. The second kappa shape index (κ2) is 8.20. The highest BCUT2D eigenvalue weighted by Gasteiger charge is 2.27. The molecule has 162 valence electrons. The number of pyridine rings is 1. The number of fused-ring (bicyclic) bond motifs is 5. The lowest BCUT2D eigenvalue weighted by molar-refractivity contribution is 1.25. The van der Waals surface area contributed by atoms with Crippen molar-refractivity contribution in [3.05, 3.63) is 112 Å². The molecule has 0 N–H and O–H groups in total.